The largest absolute Gasteiger partial charge is 0.347 e. The lowest BCUT2D eigenvalue weighted by atomic mass is 9.99. The molecule has 2 fully saturated rings. The van der Waals surface area contributed by atoms with Crippen molar-refractivity contribution in [2.24, 2.45) is 0 Å². The van der Waals surface area contributed by atoms with Crippen molar-refractivity contribution in [3.8, 4) is 0 Å². The van der Waals surface area contributed by atoms with Crippen molar-refractivity contribution >= 4 is 11.6 Å². The number of rotatable bonds is 2. The van der Waals surface area contributed by atoms with Crippen LogP contribution >= 0.6 is 11.6 Å². The molecule has 2 saturated heterocycles. The predicted octanol–water partition coefficient (Wildman–Crippen LogP) is 3.24. The van der Waals surface area contributed by atoms with Gasteiger partial charge >= 0.3 is 0 Å². The van der Waals surface area contributed by atoms with Gasteiger partial charge in [-0.15, -0.1) is 0 Å². The van der Waals surface area contributed by atoms with E-state index in [1.54, 1.807) is 0 Å². The Balaban J connectivity index is 1.64. The van der Waals surface area contributed by atoms with Gasteiger partial charge in [-0.25, -0.2) is 0 Å². The van der Waals surface area contributed by atoms with Crippen molar-refractivity contribution in [1.82, 2.24) is 4.90 Å². The molecule has 19 heavy (non-hydrogen) atoms. The van der Waals surface area contributed by atoms with Crippen LogP contribution in [-0.2, 0) is 9.47 Å². The van der Waals surface area contributed by atoms with Crippen molar-refractivity contribution in [2.45, 2.75) is 31.6 Å². The molecule has 4 heteroatoms. The summed E-state index contributed by atoms with van der Waals surface area (Å²) >= 11 is 6.07. The Hall–Kier alpha value is -0.610. The van der Waals surface area contributed by atoms with Gasteiger partial charge in [0.2, 0.25) is 0 Å². The lowest BCUT2D eigenvalue weighted by molar-refractivity contribution is -0.187. The summed E-state index contributed by atoms with van der Waals surface area (Å²) < 4.78 is 11.5. The molecule has 2 aliphatic rings. The highest BCUT2D eigenvalue weighted by molar-refractivity contribution is 6.30. The van der Waals surface area contributed by atoms with Crippen LogP contribution in [0.15, 0.2) is 24.3 Å². The summed E-state index contributed by atoms with van der Waals surface area (Å²) in [6, 6.07) is 8.52. The molecule has 0 aliphatic carbocycles. The van der Waals surface area contributed by atoms with E-state index in [9.17, 15) is 0 Å². The molecule has 2 aliphatic heterocycles. The van der Waals surface area contributed by atoms with Crippen molar-refractivity contribution in [2.75, 3.05) is 26.3 Å². The van der Waals surface area contributed by atoms with E-state index in [0.717, 1.165) is 44.2 Å². The second kappa shape index (κ2) is 5.41. The molecular formula is C15H20ClNO2. The number of benzene rings is 1. The minimum absolute atomic E-state index is 0.287. The Kier molecular flexibility index (Phi) is 3.81. The van der Waals surface area contributed by atoms with Crippen LogP contribution in [0.4, 0.5) is 0 Å². The van der Waals surface area contributed by atoms with Crippen LogP contribution in [0.1, 0.15) is 31.4 Å². The van der Waals surface area contributed by atoms with Gasteiger partial charge in [-0.3, -0.25) is 4.90 Å². The highest BCUT2D eigenvalue weighted by Crippen LogP contribution is 2.34. The summed E-state index contributed by atoms with van der Waals surface area (Å²) in [5, 5.41) is 0.806. The maximum absolute atomic E-state index is 6.07. The highest BCUT2D eigenvalue weighted by Gasteiger charge is 2.40. The van der Waals surface area contributed by atoms with Gasteiger partial charge in [0.15, 0.2) is 5.79 Å². The molecule has 0 amide bonds. The first-order valence-electron chi connectivity index (χ1n) is 6.96. The average molecular weight is 282 g/mol. The zero-order valence-electron chi connectivity index (χ0n) is 11.3. The first-order chi connectivity index (χ1) is 9.19. The topological polar surface area (TPSA) is 21.7 Å². The van der Waals surface area contributed by atoms with E-state index in [0.29, 0.717) is 6.04 Å². The van der Waals surface area contributed by atoms with Crippen LogP contribution < -0.4 is 0 Å². The summed E-state index contributed by atoms with van der Waals surface area (Å²) in [7, 11) is 0. The summed E-state index contributed by atoms with van der Waals surface area (Å²) in [5.74, 6) is -0.287. The Morgan fingerprint density at radius 2 is 1.89 bits per heavy atom. The molecular weight excluding hydrogens is 262 g/mol. The summed E-state index contributed by atoms with van der Waals surface area (Å²) in [6.45, 7) is 5.73. The number of halogens is 1. The fourth-order valence-electron chi connectivity index (χ4n) is 3.01. The van der Waals surface area contributed by atoms with Gasteiger partial charge in [-0.05, 0) is 24.6 Å². The SMILES string of the molecule is CC(c1cccc(Cl)c1)N1CCC2(CC1)OCCO2. The molecule has 1 aromatic rings. The standard InChI is InChI=1S/C15H20ClNO2/c1-12(13-3-2-4-14(16)11-13)17-7-5-15(6-8-17)18-9-10-19-15/h2-4,11-12H,5-10H2,1H3. The lowest BCUT2D eigenvalue weighted by Crippen LogP contribution is -2.45. The molecule has 1 atom stereocenters. The third kappa shape index (κ3) is 2.79. The maximum atomic E-state index is 6.07. The van der Waals surface area contributed by atoms with Crippen LogP contribution in [-0.4, -0.2) is 37.0 Å². The Bertz CT molecular complexity index is 436. The second-order valence-corrected chi connectivity index (χ2v) is 5.81. The van der Waals surface area contributed by atoms with Gasteiger partial charge in [0, 0.05) is 37.0 Å². The summed E-state index contributed by atoms with van der Waals surface area (Å²) in [6.07, 6.45) is 1.91. The Morgan fingerprint density at radius 3 is 2.53 bits per heavy atom. The predicted molar refractivity (Wildman–Crippen MR) is 75.3 cm³/mol. The van der Waals surface area contributed by atoms with Crippen molar-refractivity contribution in [3.63, 3.8) is 0 Å². The van der Waals surface area contributed by atoms with Crippen LogP contribution in [0, 0.1) is 0 Å². The molecule has 0 radical (unpaired) electrons. The van der Waals surface area contributed by atoms with Crippen LogP contribution in [0.5, 0.6) is 0 Å². The average Bonchev–Trinajstić information content (AvgIpc) is 2.87. The number of hydrogen-bond donors (Lipinski definition) is 0. The van der Waals surface area contributed by atoms with Crippen molar-refractivity contribution in [3.05, 3.63) is 34.9 Å². The van der Waals surface area contributed by atoms with E-state index >= 15 is 0 Å². The molecule has 1 spiro atoms. The molecule has 0 N–H and O–H groups in total. The van der Waals surface area contributed by atoms with E-state index in [1.165, 1.54) is 5.56 Å². The smallest absolute Gasteiger partial charge is 0.170 e. The number of nitrogens with zero attached hydrogens (tertiary/aromatic N) is 1. The zero-order chi connectivity index (χ0) is 13.3. The van der Waals surface area contributed by atoms with E-state index < -0.39 is 0 Å². The molecule has 0 saturated carbocycles. The van der Waals surface area contributed by atoms with E-state index in [-0.39, 0.29) is 5.79 Å². The molecule has 2 heterocycles. The minimum Gasteiger partial charge on any atom is -0.347 e. The molecule has 1 unspecified atom stereocenters. The summed E-state index contributed by atoms with van der Waals surface area (Å²) in [4.78, 5) is 2.47. The molecule has 1 aromatic carbocycles. The Morgan fingerprint density at radius 1 is 1.21 bits per heavy atom. The molecule has 3 rings (SSSR count). The van der Waals surface area contributed by atoms with E-state index in [4.69, 9.17) is 21.1 Å². The number of piperidine rings is 1. The fourth-order valence-corrected chi connectivity index (χ4v) is 3.21. The molecule has 0 bridgehead atoms. The number of ether oxygens (including phenoxy) is 2. The monoisotopic (exact) mass is 281 g/mol. The van der Waals surface area contributed by atoms with Gasteiger partial charge in [0.25, 0.3) is 0 Å². The molecule has 3 nitrogen and oxygen atoms in total. The maximum Gasteiger partial charge on any atom is 0.170 e. The first-order valence-corrected chi connectivity index (χ1v) is 7.34. The first kappa shape index (κ1) is 13.4. The quantitative estimate of drug-likeness (QED) is 0.831. The fraction of sp³-hybridized carbons (Fsp3) is 0.600. The van der Waals surface area contributed by atoms with Crippen molar-refractivity contribution < 1.29 is 9.47 Å². The van der Waals surface area contributed by atoms with E-state index in [1.807, 2.05) is 12.1 Å². The Labute approximate surface area is 119 Å². The van der Waals surface area contributed by atoms with Crippen LogP contribution in [0.2, 0.25) is 5.02 Å². The van der Waals surface area contributed by atoms with Gasteiger partial charge in [-0.1, -0.05) is 23.7 Å². The molecule has 0 aromatic heterocycles. The highest BCUT2D eigenvalue weighted by atomic mass is 35.5. The minimum atomic E-state index is -0.287. The van der Waals surface area contributed by atoms with E-state index in [2.05, 4.69) is 24.0 Å². The van der Waals surface area contributed by atoms with Crippen LogP contribution in [0.3, 0.4) is 0 Å². The van der Waals surface area contributed by atoms with Gasteiger partial charge < -0.3 is 9.47 Å². The second-order valence-electron chi connectivity index (χ2n) is 5.37. The van der Waals surface area contributed by atoms with Crippen molar-refractivity contribution in [1.29, 1.82) is 0 Å². The summed E-state index contributed by atoms with van der Waals surface area (Å²) in [5.41, 5.74) is 1.27. The third-order valence-corrected chi connectivity index (χ3v) is 4.49. The zero-order valence-corrected chi connectivity index (χ0v) is 12.0. The van der Waals surface area contributed by atoms with Gasteiger partial charge in [0.05, 0.1) is 13.2 Å². The lowest BCUT2D eigenvalue weighted by Gasteiger charge is -2.40. The van der Waals surface area contributed by atoms with Gasteiger partial charge in [0.1, 0.15) is 0 Å². The number of likely N-dealkylation sites (tertiary alicyclic amines) is 1. The normalized spacial score (nSPS) is 24.7. The number of hydrogen-bond acceptors (Lipinski definition) is 3. The van der Waals surface area contributed by atoms with Crippen LogP contribution in [0.25, 0.3) is 0 Å². The molecule has 104 valence electrons. The van der Waals surface area contributed by atoms with Gasteiger partial charge in [-0.2, -0.15) is 0 Å². The third-order valence-electron chi connectivity index (χ3n) is 4.25.